The van der Waals surface area contributed by atoms with Crippen LogP contribution in [0.15, 0.2) is 28.8 Å². The van der Waals surface area contributed by atoms with Crippen LogP contribution in [0.25, 0.3) is 0 Å². The zero-order chi connectivity index (χ0) is 15.5. The molecule has 0 spiro atoms. The standard InChI is InChI=1S/C16H19Cl2N3O/c1-12-8-15(22-19-12)11-21-6-4-20(5-7-21)10-13-2-3-14(17)9-16(13)18/h2-3,8-9H,4-7,10-11H2,1H3. The minimum absolute atomic E-state index is 0.681. The van der Waals surface area contributed by atoms with E-state index in [1.54, 1.807) is 6.07 Å². The van der Waals surface area contributed by atoms with Crippen molar-refractivity contribution >= 4 is 23.2 Å². The Hall–Kier alpha value is -1.07. The lowest BCUT2D eigenvalue weighted by atomic mass is 10.2. The third-order valence-corrected chi connectivity index (χ3v) is 4.52. The summed E-state index contributed by atoms with van der Waals surface area (Å²) in [5.41, 5.74) is 2.07. The number of rotatable bonds is 4. The minimum Gasteiger partial charge on any atom is -0.360 e. The van der Waals surface area contributed by atoms with E-state index in [2.05, 4.69) is 15.0 Å². The maximum absolute atomic E-state index is 6.25. The average molecular weight is 340 g/mol. The highest BCUT2D eigenvalue weighted by Crippen LogP contribution is 2.22. The maximum Gasteiger partial charge on any atom is 0.150 e. The van der Waals surface area contributed by atoms with Crippen molar-refractivity contribution in [2.75, 3.05) is 26.2 Å². The lowest BCUT2D eigenvalue weighted by molar-refractivity contribution is 0.114. The Balaban J connectivity index is 1.51. The van der Waals surface area contributed by atoms with E-state index in [0.717, 1.165) is 61.3 Å². The molecule has 0 radical (unpaired) electrons. The summed E-state index contributed by atoms with van der Waals surface area (Å²) in [6.45, 7) is 7.72. The molecule has 4 nitrogen and oxygen atoms in total. The van der Waals surface area contributed by atoms with Gasteiger partial charge in [0.1, 0.15) is 0 Å². The third kappa shape index (κ3) is 4.02. The monoisotopic (exact) mass is 339 g/mol. The van der Waals surface area contributed by atoms with Crippen LogP contribution in [0.1, 0.15) is 17.0 Å². The summed E-state index contributed by atoms with van der Waals surface area (Å²) >= 11 is 12.2. The zero-order valence-corrected chi connectivity index (χ0v) is 14.1. The van der Waals surface area contributed by atoms with Gasteiger partial charge < -0.3 is 4.52 Å². The van der Waals surface area contributed by atoms with E-state index in [0.29, 0.717) is 5.02 Å². The fourth-order valence-electron chi connectivity index (χ4n) is 2.71. The molecule has 1 aliphatic rings. The SMILES string of the molecule is Cc1cc(CN2CCN(Cc3ccc(Cl)cc3Cl)CC2)on1. The largest absolute Gasteiger partial charge is 0.360 e. The van der Waals surface area contributed by atoms with Gasteiger partial charge in [-0.05, 0) is 24.6 Å². The van der Waals surface area contributed by atoms with Gasteiger partial charge >= 0.3 is 0 Å². The molecule has 0 N–H and O–H groups in total. The number of nitrogens with zero attached hydrogens (tertiary/aromatic N) is 3. The Morgan fingerprint density at radius 3 is 2.32 bits per heavy atom. The quantitative estimate of drug-likeness (QED) is 0.851. The van der Waals surface area contributed by atoms with E-state index >= 15 is 0 Å². The molecule has 0 unspecified atom stereocenters. The number of aromatic nitrogens is 1. The lowest BCUT2D eigenvalue weighted by Crippen LogP contribution is -2.45. The molecule has 2 aromatic rings. The maximum atomic E-state index is 6.25. The summed E-state index contributed by atoms with van der Waals surface area (Å²) in [6, 6.07) is 7.71. The van der Waals surface area contributed by atoms with E-state index in [9.17, 15) is 0 Å². The molecule has 1 aromatic carbocycles. The molecule has 1 fully saturated rings. The molecule has 0 bridgehead atoms. The predicted molar refractivity (Wildman–Crippen MR) is 88.3 cm³/mol. The summed E-state index contributed by atoms with van der Waals surface area (Å²) in [5.74, 6) is 0.937. The van der Waals surface area contributed by atoms with Gasteiger partial charge in [-0.3, -0.25) is 9.80 Å². The van der Waals surface area contributed by atoms with Crippen molar-refractivity contribution in [1.82, 2.24) is 15.0 Å². The Labute approximate surface area is 140 Å². The van der Waals surface area contributed by atoms with Crippen LogP contribution in [-0.2, 0) is 13.1 Å². The third-order valence-electron chi connectivity index (χ3n) is 3.93. The first-order chi connectivity index (χ1) is 10.6. The number of hydrogen-bond acceptors (Lipinski definition) is 4. The number of aryl methyl sites for hydroxylation is 1. The Morgan fingerprint density at radius 1 is 1.05 bits per heavy atom. The van der Waals surface area contributed by atoms with E-state index < -0.39 is 0 Å². The highest BCUT2D eigenvalue weighted by molar-refractivity contribution is 6.35. The smallest absolute Gasteiger partial charge is 0.150 e. The van der Waals surface area contributed by atoms with E-state index in [4.69, 9.17) is 27.7 Å². The van der Waals surface area contributed by atoms with E-state index in [1.807, 2.05) is 25.1 Å². The number of hydrogen-bond donors (Lipinski definition) is 0. The summed E-state index contributed by atoms with van der Waals surface area (Å²) < 4.78 is 5.28. The molecule has 1 aliphatic heterocycles. The Kier molecular flexibility index (Phi) is 5.03. The summed E-state index contributed by atoms with van der Waals surface area (Å²) in [7, 11) is 0. The molecule has 118 valence electrons. The van der Waals surface area contributed by atoms with Gasteiger partial charge in [-0.15, -0.1) is 0 Å². The second-order valence-corrected chi connectivity index (χ2v) is 6.57. The topological polar surface area (TPSA) is 32.5 Å². The van der Waals surface area contributed by atoms with Crippen molar-refractivity contribution < 1.29 is 4.52 Å². The minimum atomic E-state index is 0.681. The van der Waals surface area contributed by atoms with Gasteiger partial charge in [0.15, 0.2) is 5.76 Å². The second-order valence-electron chi connectivity index (χ2n) is 5.72. The molecular weight excluding hydrogens is 321 g/mol. The molecule has 0 amide bonds. The number of benzene rings is 1. The predicted octanol–water partition coefficient (Wildman–Crippen LogP) is 3.61. The molecule has 6 heteroatoms. The van der Waals surface area contributed by atoms with Gasteiger partial charge in [0.2, 0.25) is 0 Å². The van der Waals surface area contributed by atoms with Crippen molar-refractivity contribution in [3.8, 4) is 0 Å². The molecule has 3 rings (SSSR count). The zero-order valence-electron chi connectivity index (χ0n) is 12.6. The van der Waals surface area contributed by atoms with Gasteiger partial charge in [-0.2, -0.15) is 0 Å². The summed E-state index contributed by atoms with van der Waals surface area (Å²) in [5, 5.41) is 5.36. The first kappa shape index (κ1) is 15.8. The van der Waals surface area contributed by atoms with Crippen molar-refractivity contribution in [1.29, 1.82) is 0 Å². The van der Waals surface area contributed by atoms with E-state index in [-0.39, 0.29) is 0 Å². The van der Waals surface area contributed by atoms with Crippen LogP contribution in [0.4, 0.5) is 0 Å². The molecule has 1 aromatic heterocycles. The number of halogens is 2. The Morgan fingerprint density at radius 2 is 1.73 bits per heavy atom. The number of piperazine rings is 1. The fourth-order valence-corrected chi connectivity index (χ4v) is 3.18. The van der Waals surface area contributed by atoms with Crippen LogP contribution in [0.5, 0.6) is 0 Å². The highest BCUT2D eigenvalue weighted by Gasteiger charge is 2.19. The van der Waals surface area contributed by atoms with Crippen LogP contribution < -0.4 is 0 Å². The van der Waals surface area contributed by atoms with Gasteiger partial charge in [0.05, 0.1) is 12.2 Å². The van der Waals surface area contributed by atoms with Crippen molar-refractivity contribution in [3.05, 3.63) is 51.3 Å². The second kappa shape index (κ2) is 7.01. The van der Waals surface area contributed by atoms with Crippen LogP contribution in [0.3, 0.4) is 0 Å². The van der Waals surface area contributed by atoms with E-state index in [1.165, 1.54) is 0 Å². The van der Waals surface area contributed by atoms with Gasteiger partial charge in [-0.25, -0.2) is 0 Å². The Bertz CT molecular complexity index is 636. The first-order valence-corrected chi connectivity index (χ1v) is 8.16. The molecule has 0 atom stereocenters. The lowest BCUT2D eigenvalue weighted by Gasteiger charge is -2.34. The normalized spacial score (nSPS) is 17.0. The first-order valence-electron chi connectivity index (χ1n) is 7.41. The summed E-state index contributed by atoms with van der Waals surface area (Å²) in [6.07, 6.45) is 0. The van der Waals surface area contributed by atoms with Crippen LogP contribution in [-0.4, -0.2) is 41.1 Å². The molecule has 1 saturated heterocycles. The average Bonchev–Trinajstić information content (AvgIpc) is 2.89. The molecule has 0 saturated carbocycles. The van der Waals surface area contributed by atoms with Crippen LogP contribution in [0.2, 0.25) is 10.0 Å². The van der Waals surface area contributed by atoms with Crippen molar-refractivity contribution in [3.63, 3.8) is 0 Å². The molecule has 0 aliphatic carbocycles. The summed E-state index contributed by atoms with van der Waals surface area (Å²) in [4.78, 5) is 4.80. The molecule has 22 heavy (non-hydrogen) atoms. The van der Waals surface area contributed by atoms with Crippen LogP contribution >= 0.6 is 23.2 Å². The van der Waals surface area contributed by atoms with Gasteiger partial charge in [-0.1, -0.05) is 34.4 Å². The molecular formula is C16H19Cl2N3O. The van der Waals surface area contributed by atoms with Crippen LogP contribution in [0, 0.1) is 6.92 Å². The highest BCUT2D eigenvalue weighted by atomic mass is 35.5. The molecule has 2 heterocycles. The van der Waals surface area contributed by atoms with Gasteiger partial charge in [0, 0.05) is 48.8 Å². The van der Waals surface area contributed by atoms with Gasteiger partial charge in [0.25, 0.3) is 0 Å². The van der Waals surface area contributed by atoms with Crippen molar-refractivity contribution in [2.24, 2.45) is 0 Å². The van der Waals surface area contributed by atoms with Crippen molar-refractivity contribution in [2.45, 2.75) is 20.0 Å². The fraction of sp³-hybridized carbons (Fsp3) is 0.438.